The number of hydrogen-bond acceptors (Lipinski definition) is 14. The van der Waals surface area contributed by atoms with Gasteiger partial charge in [0.1, 0.15) is 35.7 Å². The number of hydrogen-bond donors (Lipinski definition) is 5. The Balaban J connectivity index is 0.000000288. The molecule has 6 aromatic rings. The van der Waals surface area contributed by atoms with E-state index in [0.29, 0.717) is 46.8 Å². The van der Waals surface area contributed by atoms with Crippen molar-refractivity contribution in [2.75, 3.05) is 50.2 Å². The molecule has 2 fully saturated rings. The zero-order valence-electron chi connectivity index (χ0n) is 37.3. The van der Waals surface area contributed by atoms with Gasteiger partial charge in [0, 0.05) is 95.9 Å². The topological polar surface area (TPSA) is 263 Å². The summed E-state index contributed by atoms with van der Waals surface area (Å²) in [6.45, 7) is 6.97. The molecule has 0 saturated carbocycles. The summed E-state index contributed by atoms with van der Waals surface area (Å²) in [5.74, 6) is 1.60. The smallest absolute Gasteiger partial charge is 0.272 e. The molecule has 0 aliphatic carbocycles. The van der Waals surface area contributed by atoms with Crippen LogP contribution in [0.3, 0.4) is 0 Å². The van der Waals surface area contributed by atoms with Crippen LogP contribution in [0.5, 0.6) is 0 Å². The fraction of sp³-hybridized carbons (Fsp3) is 0.378. The maximum atomic E-state index is 12.9. The second-order valence-corrected chi connectivity index (χ2v) is 16.5. The van der Waals surface area contributed by atoms with Crippen LogP contribution in [0.4, 0.5) is 11.9 Å². The first-order valence-corrected chi connectivity index (χ1v) is 22.1. The Labute approximate surface area is 424 Å². The van der Waals surface area contributed by atoms with Crippen molar-refractivity contribution in [2.45, 2.75) is 71.1 Å². The lowest BCUT2D eigenvalue weighted by Gasteiger charge is -2.23. The van der Waals surface area contributed by atoms with E-state index in [0.717, 1.165) is 61.2 Å². The van der Waals surface area contributed by atoms with E-state index < -0.39 is 11.9 Å². The van der Waals surface area contributed by atoms with E-state index in [1.807, 2.05) is 26.0 Å². The molecule has 6 N–H and O–H groups in total. The third-order valence-electron chi connectivity index (χ3n) is 10.8. The number of nitrogens with one attached hydrogen (secondary N) is 4. The van der Waals surface area contributed by atoms with Gasteiger partial charge in [0.25, 0.3) is 11.8 Å². The molecule has 0 unspecified atom stereocenters. The highest BCUT2D eigenvalue weighted by Crippen LogP contribution is 2.22. The average molecular weight is 1020 g/mol. The van der Waals surface area contributed by atoms with Crippen molar-refractivity contribution in [3.05, 3.63) is 140 Å². The minimum absolute atomic E-state index is 0. The van der Waals surface area contributed by atoms with E-state index in [1.54, 1.807) is 76.6 Å². The van der Waals surface area contributed by atoms with Gasteiger partial charge in [-0.05, 0) is 80.5 Å². The molecule has 2 atom stereocenters. The van der Waals surface area contributed by atoms with Crippen LogP contribution < -0.4 is 27.0 Å². The number of nitrogens with zero attached hydrogens (tertiary/aromatic N) is 11. The second kappa shape index (κ2) is 27.3. The van der Waals surface area contributed by atoms with Gasteiger partial charge < -0.3 is 36.5 Å². The predicted octanol–water partition coefficient (Wildman–Crippen LogP) is 7.50. The highest BCUT2D eigenvalue weighted by molar-refractivity contribution is 7.59. The molecule has 0 radical (unpaired) electrons. The van der Waals surface area contributed by atoms with Crippen LogP contribution >= 0.6 is 50.2 Å². The lowest BCUT2D eigenvalue weighted by molar-refractivity contribution is 0.0902. The zero-order chi connectivity index (χ0) is 46.4. The Hall–Kier alpha value is -5.97. The molecular formula is C45H58Cl2N16O4S2. The largest absolute Gasteiger partial charge is 0.381 e. The van der Waals surface area contributed by atoms with E-state index in [1.165, 1.54) is 6.33 Å². The maximum absolute atomic E-state index is 12.9. The molecule has 2 saturated heterocycles. The van der Waals surface area contributed by atoms with Gasteiger partial charge in [-0.1, -0.05) is 60.0 Å². The lowest BCUT2D eigenvalue weighted by atomic mass is 10.1. The number of amides is 2. The van der Waals surface area contributed by atoms with Gasteiger partial charge >= 0.3 is 0 Å². The maximum Gasteiger partial charge on any atom is 0.272 e. The van der Waals surface area contributed by atoms with Crippen LogP contribution in [-0.2, 0) is 9.47 Å². The number of aryl methyl sites for hydroxylation is 2. The van der Waals surface area contributed by atoms with Gasteiger partial charge in [0.2, 0.25) is 11.9 Å². The third-order valence-corrected chi connectivity index (χ3v) is 11.3. The summed E-state index contributed by atoms with van der Waals surface area (Å²) in [4.78, 5) is 55.1. The van der Waals surface area contributed by atoms with Gasteiger partial charge in [-0.3, -0.25) is 18.7 Å². The summed E-state index contributed by atoms with van der Waals surface area (Å²) in [6, 6.07) is 13.9. The number of ether oxygens (including phenoxy) is 2. The van der Waals surface area contributed by atoms with E-state index in [-0.39, 0.29) is 82.9 Å². The first-order valence-electron chi connectivity index (χ1n) is 21.3. The molecule has 24 heteroatoms. The van der Waals surface area contributed by atoms with Crippen LogP contribution in [0.25, 0.3) is 22.1 Å². The number of carbonyl (C=O) groups excluding carboxylic acids is 2. The minimum Gasteiger partial charge on any atom is -0.381 e. The number of imidazole rings is 2. The van der Waals surface area contributed by atoms with Crippen molar-refractivity contribution in [3.8, 4) is 11.6 Å². The van der Waals surface area contributed by atoms with Crippen LogP contribution in [0, 0.1) is 13.8 Å². The molecule has 6 heterocycles. The zero-order valence-corrected chi connectivity index (χ0v) is 40.9. The first-order chi connectivity index (χ1) is 32.1. The molecule has 4 aromatic heterocycles. The molecule has 2 aromatic carbocycles. The summed E-state index contributed by atoms with van der Waals surface area (Å²) in [5, 5.41) is 17.2. The number of anilines is 2. The van der Waals surface area contributed by atoms with Crippen molar-refractivity contribution >= 4 is 73.9 Å². The van der Waals surface area contributed by atoms with Gasteiger partial charge in [-0.2, -0.15) is 37.0 Å². The van der Waals surface area contributed by atoms with Gasteiger partial charge in [-0.25, -0.2) is 19.9 Å². The molecular weight excluding hydrogens is 964 g/mol. The van der Waals surface area contributed by atoms with E-state index in [9.17, 15) is 9.59 Å². The van der Waals surface area contributed by atoms with Crippen molar-refractivity contribution in [1.82, 2.24) is 49.7 Å². The normalized spacial score (nSPS) is 14.4. The number of rotatable bonds is 15. The predicted molar refractivity (Wildman–Crippen MR) is 277 cm³/mol. The Kier molecular flexibility index (Phi) is 22.0. The summed E-state index contributed by atoms with van der Waals surface area (Å²) >= 11 is 12.1. The van der Waals surface area contributed by atoms with Gasteiger partial charge in [0.05, 0.1) is 18.6 Å². The standard InChI is InChI=1S/C22H24ClN9O2.C22H26ClN7O2.CH4.2H2S/c1-14-10-25-22(28-17-5-7-34-8-6-17)30-20(14)32-12-19(26-13-32)21(33)29-18(11-27-31-24)15-3-2-4-16(23)9-15;1-14-11-25-22(27-17-5-7-32-8-6-17)29-20(14)30-12-19(26-13-30)21(31)28-18(10-24)15-3-2-4-16(23)9-15;;;/h2-4,9-10,12-13,17-18H,5-8,11H2,1H3,(H,29,33)(H,25,28,30);2-4,9,11-13,17-18H,5-8,10,24H2,1H3,(H,28,31)(H,25,27,29);1H4;2*1H2/t2*18-;;;/m11.../s1. The molecule has 69 heavy (non-hydrogen) atoms. The molecule has 8 rings (SSSR count). The SMILES string of the molecule is C.Cc1cnc(NC2CCOCC2)nc1-n1cnc(C(=O)N[C@H](CN)c2cccc(Cl)c2)c1.Cc1cnc(NC2CCOCC2)nc1-n1cnc(C(=O)N[C@H](CN=[N+]=[N-])c2cccc(Cl)c2)c1.S.S. The molecule has 0 spiro atoms. The molecule has 0 bridgehead atoms. The number of nitrogens with two attached hydrogens (primary N) is 1. The fourth-order valence-corrected chi connectivity index (χ4v) is 7.63. The minimum atomic E-state index is -0.552. The highest BCUT2D eigenvalue weighted by atomic mass is 35.5. The Morgan fingerprint density at radius 3 is 1.61 bits per heavy atom. The van der Waals surface area contributed by atoms with Gasteiger partial charge in [0.15, 0.2) is 0 Å². The summed E-state index contributed by atoms with van der Waals surface area (Å²) in [7, 11) is 0. The van der Waals surface area contributed by atoms with Crippen LogP contribution in [0.1, 0.15) is 88.4 Å². The monoisotopic (exact) mass is 1020 g/mol. The summed E-state index contributed by atoms with van der Waals surface area (Å²) in [6.07, 6.45) is 13.5. The molecule has 2 aliphatic heterocycles. The molecule has 2 amide bonds. The number of benzene rings is 2. The summed E-state index contributed by atoms with van der Waals surface area (Å²) < 4.78 is 14.2. The Bertz CT molecular complexity index is 2660. The lowest BCUT2D eigenvalue weighted by Crippen LogP contribution is -2.33. The quantitative estimate of drug-likeness (QED) is 0.0379. The van der Waals surface area contributed by atoms with E-state index in [4.69, 9.17) is 43.9 Å². The number of carbonyl (C=O) groups is 2. The molecule has 20 nitrogen and oxygen atoms in total. The first kappa shape index (κ1) is 55.6. The van der Waals surface area contributed by atoms with Crippen molar-refractivity contribution < 1.29 is 19.1 Å². The number of aromatic nitrogens is 8. The summed E-state index contributed by atoms with van der Waals surface area (Å²) in [5.41, 5.74) is 18.3. The van der Waals surface area contributed by atoms with Gasteiger partial charge in [-0.15, -0.1) is 0 Å². The molecule has 368 valence electrons. The second-order valence-electron chi connectivity index (χ2n) is 15.6. The van der Waals surface area contributed by atoms with Crippen molar-refractivity contribution in [2.24, 2.45) is 10.8 Å². The third kappa shape index (κ3) is 15.5. The number of azide groups is 1. The van der Waals surface area contributed by atoms with Crippen LogP contribution in [0.2, 0.25) is 10.0 Å². The highest BCUT2D eigenvalue weighted by Gasteiger charge is 2.22. The Morgan fingerprint density at radius 1 is 0.754 bits per heavy atom. The van der Waals surface area contributed by atoms with Crippen molar-refractivity contribution in [3.63, 3.8) is 0 Å². The number of halogens is 2. The fourth-order valence-electron chi connectivity index (χ4n) is 7.23. The van der Waals surface area contributed by atoms with Crippen LogP contribution in [0.15, 0.2) is 91.1 Å². The van der Waals surface area contributed by atoms with E-state index >= 15 is 0 Å². The van der Waals surface area contributed by atoms with Crippen molar-refractivity contribution in [1.29, 1.82) is 0 Å². The average Bonchev–Trinajstić information content (AvgIpc) is 4.04. The van der Waals surface area contributed by atoms with E-state index in [2.05, 4.69) is 61.2 Å². The van der Waals surface area contributed by atoms with Crippen LogP contribution in [-0.4, -0.2) is 102 Å². The molecule has 2 aliphatic rings. The Morgan fingerprint density at radius 2 is 1.19 bits per heavy atom.